The number of hydrogen-bond acceptors (Lipinski definition) is 6. The molecule has 0 atom stereocenters. The zero-order chi connectivity index (χ0) is 22.4. The van der Waals surface area contributed by atoms with E-state index in [1.54, 1.807) is 12.1 Å². The highest BCUT2D eigenvalue weighted by atomic mass is 19.1. The predicted molar refractivity (Wildman–Crippen MR) is 120 cm³/mol. The van der Waals surface area contributed by atoms with Gasteiger partial charge in [0.1, 0.15) is 22.9 Å². The molecular formula is C23H17FN6O2. The summed E-state index contributed by atoms with van der Waals surface area (Å²) in [6.45, 7) is 0. The van der Waals surface area contributed by atoms with Crippen molar-refractivity contribution in [2.75, 3.05) is 12.8 Å². The van der Waals surface area contributed by atoms with Crippen molar-refractivity contribution in [1.29, 1.82) is 0 Å². The number of carbonyl (C=O) groups excluding carboxylic acids is 1. The molecule has 0 fully saturated rings. The Morgan fingerprint density at radius 2 is 1.91 bits per heavy atom. The topological polar surface area (TPSA) is 133 Å². The van der Waals surface area contributed by atoms with E-state index in [9.17, 15) is 9.18 Å². The largest absolute Gasteiger partial charge is 0.496 e. The van der Waals surface area contributed by atoms with Crippen LogP contribution in [0.1, 0.15) is 10.5 Å². The van der Waals surface area contributed by atoms with Gasteiger partial charge in [0.25, 0.3) is 5.91 Å². The van der Waals surface area contributed by atoms with E-state index in [1.165, 1.54) is 19.2 Å². The van der Waals surface area contributed by atoms with Gasteiger partial charge in [0, 0.05) is 17.0 Å². The molecule has 1 amide bonds. The van der Waals surface area contributed by atoms with Crippen molar-refractivity contribution in [2.45, 2.75) is 0 Å². The van der Waals surface area contributed by atoms with E-state index >= 15 is 0 Å². The molecular weight excluding hydrogens is 411 g/mol. The minimum Gasteiger partial charge on any atom is -0.496 e. The standard InChI is InChI=1S/C23H17FN6O2/c1-32-18-10-12(24)6-7-14(18)23-27-16-8-5-11(9-17(16)28-23)13-3-2-4-15-19(25)21(22(26)31)30-29-20(13)15/h2-10H,1H3,(H2,25,29)(H2,26,31)(H,27,28). The summed E-state index contributed by atoms with van der Waals surface area (Å²) in [4.78, 5) is 19.4. The second-order valence-corrected chi connectivity index (χ2v) is 7.19. The number of fused-ring (bicyclic) bond motifs is 2. The summed E-state index contributed by atoms with van der Waals surface area (Å²) in [5.74, 6) is -0.179. The average Bonchev–Trinajstić information content (AvgIpc) is 3.21. The van der Waals surface area contributed by atoms with Gasteiger partial charge in [-0.25, -0.2) is 9.37 Å². The van der Waals surface area contributed by atoms with Gasteiger partial charge in [-0.15, -0.1) is 10.2 Å². The maximum atomic E-state index is 13.6. The molecule has 5 rings (SSSR count). The van der Waals surface area contributed by atoms with Gasteiger partial charge in [0.15, 0.2) is 5.69 Å². The molecule has 0 bridgehead atoms. The molecule has 0 spiro atoms. The highest BCUT2D eigenvalue weighted by Gasteiger charge is 2.16. The van der Waals surface area contributed by atoms with Gasteiger partial charge in [0.05, 0.1) is 29.4 Å². The molecule has 0 saturated carbocycles. The number of ether oxygens (including phenoxy) is 1. The molecule has 0 aliphatic carbocycles. The third-order valence-electron chi connectivity index (χ3n) is 5.28. The zero-order valence-corrected chi connectivity index (χ0v) is 16.9. The van der Waals surface area contributed by atoms with Crippen LogP contribution in [-0.2, 0) is 0 Å². The van der Waals surface area contributed by atoms with Gasteiger partial charge in [0.2, 0.25) is 0 Å². The normalized spacial score (nSPS) is 11.2. The number of amides is 1. The Bertz CT molecular complexity index is 1530. The Morgan fingerprint density at radius 3 is 2.69 bits per heavy atom. The molecule has 3 aromatic carbocycles. The first-order valence-electron chi connectivity index (χ1n) is 9.65. The van der Waals surface area contributed by atoms with E-state index in [0.29, 0.717) is 28.0 Å². The van der Waals surface area contributed by atoms with Gasteiger partial charge in [-0.2, -0.15) is 0 Å². The summed E-state index contributed by atoms with van der Waals surface area (Å²) >= 11 is 0. The van der Waals surface area contributed by atoms with Crippen molar-refractivity contribution in [3.8, 4) is 28.3 Å². The highest BCUT2D eigenvalue weighted by Crippen LogP contribution is 2.34. The van der Waals surface area contributed by atoms with Gasteiger partial charge >= 0.3 is 0 Å². The van der Waals surface area contributed by atoms with Crippen LogP contribution in [0.2, 0.25) is 0 Å². The fourth-order valence-corrected chi connectivity index (χ4v) is 3.73. The number of carbonyl (C=O) groups is 1. The van der Waals surface area contributed by atoms with Gasteiger partial charge < -0.3 is 21.2 Å². The fraction of sp³-hybridized carbons (Fsp3) is 0.0435. The van der Waals surface area contributed by atoms with E-state index in [-0.39, 0.29) is 17.2 Å². The van der Waals surface area contributed by atoms with Crippen molar-refractivity contribution in [3.05, 3.63) is 66.1 Å². The number of aromatic nitrogens is 4. The molecule has 2 heterocycles. The number of H-pyrrole nitrogens is 1. The fourth-order valence-electron chi connectivity index (χ4n) is 3.73. The Labute approximate surface area is 181 Å². The lowest BCUT2D eigenvalue weighted by Crippen LogP contribution is -2.16. The molecule has 0 unspecified atom stereocenters. The number of primary amides is 1. The Kier molecular flexibility index (Phi) is 4.44. The van der Waals surface area contributed by atoms with Crippen LogP contribution in [0.3, 0.4) is 0 Å². The van der Waals surface area contributed by atoms with E-state index in [0.717, 1.165) is 22.2 Å². The van der Waals surface area contributed by atoms with E-state index < -0.39 is 5.91 Å². The number of rotatable bonds is 4. The minimum atomic E-state index is -0.732. The van der Waals surface area contributed by atoms with E-state index in [1.807, 2.05) is 30.3 Å². The third-order valence-corrected chi connectivity index (χ3v) is 5.28. The zero-order valence-electron chi connectivity index (χ0n) is 16.9. The number of halogens is 1. The number of nitrogens with one attached hydrogen (secondary N) is 1. The third kappa shape index (κ3) is 3.07. The second kappa shape index (κ2) is 7.31. The van der Waals surface area contributed by atoms with Crippen molar-refractivity contribution in [3.63, 3.8) is 0 Å². The lowest BCUT2D eigenvalue weighted by molar-refractivity contribution is 0.0995. The van der Waals surface area contributed by atoms with E-state index in [2.05, 4.69) is 20.2 Å². The Hall–Kier alpha value is -4.53. The van der Waals surface area contributed by atoms with Crippen LogP contribution in [0.25, 0.3) is 44.5 Å². The summed E-state index contributed by atoms with van der Waals surface area (Å²) in [6, 6.07) is 15.5. The van der Waals surface area contributed by atoms with Crippen LogP contribution in [0, 0.1) is 5.82 Å². The van der Waals surface area contributed by atoms with Crippen LogP contribution in [0.5, 0.6) is 5.75 Å². The predicted octanol–water partition coefficient (Wildman–Crippen LogP) is 3.67. The Morgan fingerprint density at radius 1 is 1.06 bits per heavy atom. The number of methoxy groups -OCH3 is 1. The van der Waals surface area contributed by atoms with Crippen molar-refractivity contribution in [1.82, 2.24) is 20.2 Å². The van der Waals surface area contributed by atoms with Crippen molar-refractivity contribution >= 4 is 33.5 Å². The molecule has 0 aliphatic rings. The SMILES string of the molecule is COc1cc(F)ccc1-c1nc2ccc(-c3cccc4c(N)c(C(N)=O)nnc34)cc2[nH]1. The molecule has 32 heavy (non-hydrogen) atoms. The summed E-state index contributed by atoms with van der Waals surface area (Å²) in [5, 5.41) is 8.70. The van der Waals surface area contributed by atoms with Crippen molar-refractivity contribution in [2.24, 2.45) is 5.73 Å². The number of anilines is 1. The monoisotopic (exact) mass is 428 g/mol. The molecule has 0 radical (unpaired) electrons. The first-order valence-corrected chi connectivity index (χ1v) is 9.65. The average molecular weight is 428 g/mol. The molecule has 5 aromatic rings. The summed E-state index contributed by atoms with van der Waals surface area (Å²) in [7, 11) is 1.48. The number of imidazole rings is 1. The molecule has 8 nitrogen and oxygen atoms in total. The van der Waals surface area contributed by atoms with Crippen LogP contribution < -0.4 is 16.2 Å². The number of nitrogens with zero attached hydrogens (tertiary/aromatic N) is 3. The number of benzene rings is 3. The first kappa shape index (κ1) is 19.4. The minimum absolute atomic E-state index is 0.0587. The lowest BCUT2D eigenvalue weighted by Gasteiger charge is -2.09. The maximum Gasteiger partial charge on any atom is 0.271 e. The molecule has 9 heteroatoms. The summed E-state index contributed by atoms with van der Waals surface area (Å²) < 4.78 is 18.9. The smallest absolute Gasteiger partial charge is 0.271 e. The molecule has 0 saturated heterocycles. The summed E-state index contributed by atoms with van der Waals surface area (Å²) in [5.41, 5.74) is 15.9. The van der Waals surface area contributed by atoms with E-state index in [4.69, 9.17) is 16.2 Å². The summed E-state index contributed by atoms with van der Waals surface area (Å²) in [6.07, 6.45) is 0. The first-order chi connectivity index (χ1) is 15.5. The molecule has 0 aliphatic heterocycles. The second-order valence-electron chi connectivity index (χ2n) is 7.19. The molecule has 158 valence electrons. The Balaban J connectivity index is 1.64. The quantitative estimate of drug-likeness (QED) is 0.400. The maximum absolute atomic E-state index is 13.6. The molecule has 5 N–H and O–H groups in total. The van der Waals surface area contributed by atoms with Gasteiger partial charge in [-0.3, -0.25) is 4.79 Å². The van der Waals surface area contributed by atoms with Crippen LogP contribution >= 0.6 is 0 Å². The number of hydrogen-bond donors (Lipinski definition) is 3. The van der Waals surface area contributed by atoms with Crippen molar-refractivity contribution < 1.29 is 13.9 Å². The highest BCUT2D eigenvalue weighted by molar-refractivity contribution is 6.07. The number of aromatic amines is 1. The van der Waals surface area contributed by atoms with Crippen LogP contribution in [0.4, 0.5) is 10.1 Å². The number of nitrogens with two attached hydrogens (primary N) is 2. The molecule has 2 aromatic heterocycles. The lowest BCUT2D eigenvalue weighted by atomic mass is 10.0. The number of nitrogen functional groups attached to an aromatic ring is 1. The van der Waals surface area contributed by atoms with Crippen LogP contribution in [0.15, 0.2) is 54.6 Å². The van der Waals surface area contributed by atoms with Crippen LogP contribution in [-0.4, -0.2) is 33.2 Å². The van der Waals surface area contributed by atoms with Gasteiger partial charge in [-0.05, 0) is 29.8 Å². The van der Waals surface area contributed by atoms with Gasteiger partial charge in [-0.1, -0.05) is 24.3 Å².